The molecule has 15 heavy (non-hydrogen) atoms. The maximum atomic E-state index is 10.6. The molecule has 0 aromatic carbocycles. The van der Waals surface area contributed by atoms with Crippen molar-refractivity contribution in [3.63, 3.8) is 0 Å². The molecule has 4 heteroatoms. The highest BCUT2D eigenvalue weighted by atomic mass is 16.4. The van der Waals surface area contributed by atoms with Gasteiger partial charge in [0.05, 0.1) is 19.2 Å². The Hall–Kier alpha value is -1.29. The van der Waals surface area contributed by atoms with Crippen molar-refractivity contribution in [3.05, 3.63) is 24.2 Å². The third-order valence-electron chi connectivity index (χ3n) is 2.32. The summed E-state index contributed by atoms with van der Waals surface area (Å²) in [6, 6.07) is 3.66. The molecule has 0 aliphatic heterocycles. The fourth-order valence-electron chi connectivity index (χ4n) is 1.38. The fourth-order valence-corrected chi connectivity index (χ4v) is 1.38. The fraction of sp³-hybridized carbons (Fsp3) is 0.545. The first kappa shape index (κ1) is 11.8. The lowest BCUT2D eigenvalue weighted by Crippen LogP contribution is -2.35. The molecule has 0 saturated heterocycles. The molecule has 1 atom stereocenters. The van der Waals surface area contributed by atoms with Crippen LogP contribution in [-0.2, 0) is 11.3 Å². The molecule has 1 heterocycles. The molecule has 0 spiro atoms. The lowest BCUT2D eigenvalue weighted by atomic mass is 10.0. The summed E-state index contributed by atoms with van der Waals surface area (Å²) in [6.45, 7) is 4.58. The van der Waals surface area contributed by atoms with E-state index in [1.54, 1.807) is 6.26 Å². The van der Waals surface area contributed by atoms with Crippen LogP contribution >= 0.6 is 0 Å². The van der Waals surface area contributed by atoms with Crippen molar-refractivity contribution in [3.8, 4) is 0 Å². The number of carboxylic acids is 1. The van der Waals surface area contributed by atoms with Gasteiger partial charge in [-0.3, -0.25) is 4.79 Å². The van der Waals surface area contributed by atoms with Crippen LogP contribution in [0.25, 0.3) is 0 Å². The third-order valence-corrected chi connectivity index (χ3v) is 2.32. The molecule has 0 aliphatic rings. The van der Waals surface area contributed by atoms with Crippen molar-refractivity contribution < 1.29 is 14.3 Å². The van der Waals surface area contributed by atoms with Gasteiger partial charge < -0.3 is 14.8 Å². The largest absolute Gasteiger partial charge is 0.481 e. The van der Waals surface area contributed by atoms with E-state index in [2.05, 4.69) is 5.32 Å². The van der Waals surface area contributed by atoms with Crippen LogP contribution < -0.4 is 5.32 Å². The van der Waals surface area contributed by atoms with E-state index in [1.807, 2.05) is 26.0 Å². The number of rotatable bonds is 6. The lowest BCUT2D eigenvalue weighted by molar-refractivity contribution is -0.137. The Morgan fingerprint density at radius 2 is 2.33 bits per heavy atom. The maximum absolute atomic E-state index is 10.6. The minimum atomic E-state index is -0.777. The first-order valence-corrected chi connectivity index (χ1v) is 5.07. The Morgan fingerprint density at radius 3 is 2.80 bits per heavy atom. The second kappa shape index (κ2) is 5.56. The molecule has 0 bridgehead atoms. The molecule has 1 rings (SSSR count). The number of aliphatic carboxylic acids is 1. The molecule has 84 valence electrons. The molecule has 4 nitrogen and oxygen atoms in total. The summed E-state index contributed by atoms with van der Waals surface area (Å²) in [4.78, 5) is 10.6. The van der Waals surface area contributed by atoms with Crippen LogP contribution in [0.1, 0.15) is 26.0 Å². The smallest absolute Gasteiger partial charge is 0.304 e. The van der Waals surface area contributed by atoms with E-state index in [0.717, 1.165) is 5.76 Å². The number of carboxylic acid groups (broad SMARTS) is 1. The number of hydrogen-bond acceptors (Lipinski definition) is 3. The molecular weight excluding hydrogens is 194 g/mol. The van der Waals surface area contributed by atoms with Crippen molar-refractivity contribution >= 4 is 5.97 Å². The molecule has 1 aromatic heterocycles. The van der Waals surface area contributed by atoms with Gasteiger partial charge in [-0.15, -0.1) is 0 Å². The summed E-state index contributed by atoms with van der Waals surface area (Å²) in [5.41, 5.74) is 0. The molecule has 1 aromatic rings. The van der Waals surface area contributed by atoms with Gasteiger partial charge in [0.25, 0.3) is 0 Å². The van der Waals surface area contributed by atoms with Gasteiger partial charge in [-0.1, -0.05) is 13.8 Å². The average Bonchev–Trinajstić information content (AvgIpc) is 2.63. The first-order valence-electron chi connectivity index (χ1n) is 5.07. The Kier molecular flexibility index (Phi) is 4.37. The predicted molar refractivity (Wildman–Crippen MR) is 56.4 cm³/mol. The van der Waals surface area contributed by atoms with Gasteiger partial charge in [-0.25, -0.2) is 0 Å². The van der Waals surface area contributed by atoms with E-state index >= 15 is 0 Å². The predicted octanol–water partition coefficient (Wildman–Crippen LogP) is 1.87. The van der Waals surface area contributed by atoms with Crippen LogP contribution in [0, 0.1) is 5.92 Å². The van der Waals surface area contributed by atoms with Gasteiger partial charge in [0.15, 0.2) is 0 Å². The van der Waals surface area contributed by atoms with Gasteiger partial charge in [0.2, 0.25) is 0 Å². The van der Waals surface area contributed by atoms with Crippen molar-refractivity contribution in [1.29, 1.82) is 0 Å². The monoisotopic (exact) mass is 211 g/mol. The SMILES string of the molecule is CC(C)C(CC(=O)O)NCc1ccco1. The van der Waals surface area contributed by atoms with E-state index < -0.39 is 5.97 Å². The number of furan rings is 1. The topological polar surface area (TPSA) is 62.5 Å². The van der Waals surface area contributed by atoms with Gasteiger partial charge in [0.1, 0.15) is 5.76 Å². The molecule has 2 N–H and O–H groups in total. The third kappa shape index (κ3) is 4.16. The Morgan fingerprint density at radius 1 is 1.60 bits per heavy atom. The first-order chi connectivity index (χ1) is 7.09. The van der Waals surface area contributed by atoms with E-state index in [0.29, 0.717) is 6.54 Å². The highest BCUT2D eigenvalue weighted by Crippen LogP contribution is 2.08. The second-order valence-electron chi connectivity index (χ2n) is 3.91. The molecule has 0 fully saturated rings. The zero-order valence-corrected chi connectivity index (χ0v) is 9.06. The Bertz CT molecular complexity index is 293. The lowest BCUT2D eigenvalue weighted by Gasteiger charge is -2.19. The molecule has 0 saturated carbocycles. The van der Waals surface area contributed by atoms with Crippen LogP contribution in [0.4, 0.5) is 0 Å². The molecular formula is C11H17NO3. The molecule has 0 aliphatic carbocycles. The van der Waals surface area contributed by atoms with Crippen LogP contribution in [0.5, 0.6) is 0 Å². The van der Waals surface area contributed by atoms with Crippen molar-refractivity contribution in [2.24, 2.45) is 5.92 Å². The second-order valence-corrected chi connectivity index (χ2v) is 3.91. The molecule has 0 radical (unpaired) electrons. The van der Waals surface area contributed by atoms with Gasteiger partial charge in [-0.2, -0.15) is 0 Å². The van der Waals surface area contributed by atoms with E-state index in [-0.39, 0.29) is 18.4 Å². The summed E-state index contributed by atoms with van der Waals surface area (Å²) >= 11 is 0. The maximum Gasteiger partial charge on any atom is 0.304 e. The molecule has 0 amide bonds. The number of hydrogen-bond donors (Lipinski definition) is 2. The zero-order valence-electron chi connectivity index (χ0n) is 9.06. The van der Waals surface area contributed by atoms with Gasteiger partial charge in [0, 0.05) is 6.04 Å². The van der Waals surface area contributed by atoms with E-state index in [1.165, 1.54) is 0 Å². The number of carbonyl (C=O) groups is 1. The summed E-state index contributed by atoms with van der Waals surface area (Å²) in [5, 5.41) is 11.9. The van der Waals surface area contributed by atoms with Gasteiger partial charge in [-0.05, 0) is 18.1 Å². The van der Waals surface area contributed by atoms with Crippen molar-refractivity contribution in [2.45, 2.75) is 32.9 Å². The average molecular weight is 211 g/mol. The van der Waals surface area contributed by atoms with E-state index in [9.17, 15) is 4.79 Å². The minimum Gasteiger partial charge on any atom is -0.481 e. The highest BCUT2D eigenvalue weighted by molar-refractivity contribution is 5.67. The Labute approximate surface area is 89.3 Å². The van der Waals surface area contributed by atoms with Crippen LogP contribution in [0.15, 0.2) is 22.8 Å². The summed E-state index contributed by atoms with van der Waals surface area (Å²) < 4.78 is 5.16. The summed E-state index contributed by atoms with van der Waals surface area (Å²) in [7, 11) is 0. The Balaban J connectivity index is 2.41. The summed E-state index contributed by atoms with van der Waals surface area (Å²) in [5.74, 6) is 0.336. The van der Waals surface area contributed by atoms with Crippen LogP contribution in [0.2, 0.25) is 0 Å². The van der Waals surface area contributed by atoms with Crippen LogP contribution in [-0.4, -0.2) is 17.1 Å². The minimum absolute atomic E-state index is 0.0207. The molecule has 1 unspecified atom stereocenters. The normalized spacial score (nSPS) is 13.0. The van der Waals surface area contributed by atoms with E-state index in [4.69, 9.17) is 9.52 Å². The standard InChI is InChI=1S/C11H17NO3/c1-8(2)10(6-11(13)14)12-7-9-4-3-5-15-9/h3-5,8,10,12H,6-7H2,1-2H3,(H,13,14). The zero-order chi connectivity index (χ0) is 11.3. The van der Waals surface area contributed by atoms with Crippen molar-refractivity contribution in [2.75, 3.05) is 0 Å². The van der Waals surface area contributed by atoms with Gasteiger partial charge >= 0.3 is 5.97 Å². The number of nitrogens with one attached hydrogen (secondary N) is 1. The van der Waals surface area contributed by atoms with Crippen molar-refractivity contribution in [1.82, 2.24) is 5.32 Å². The summed E-state index contributed by atoms with van der Waals surface area (Å²) in [6.07, 6.45) is 1.75. The highest BCUT2D eigenvalue weighted by Gasteiger charge is 2.16. The quantitative estimate of drug-likeness (QED) is 0.754. The van der Waals surface area contributed by atoms with Crippen LogP contribution in [0.3, 0.4) is 0 Å².